The van der Waals surface area contributed by atoms with Crippen LogP contribution < -0.4 is 25.4 Å². The van der Waals surface area contributed by atoms with Gasteiger partial charge >= 0.3 is 0 Å². The standard InChI is InChI=1S/C24H34N4O3/c1-5-26-23(29)20-11-8-19(9-12-20)17-28-24(25-4)27-15-14-18-10-13-21(30-6-2)22(16-18)31-7-3/h8-13,16H,5-7,14-15,17H2,1-4H3,(H,26,29)(H2,25,27,28). The lowest BCUT2D eigenvalue weighted by Crippen LogP contribution is -2.37. The van der Waals surface area contributed by atoms with E-state index in [2.05, 4.69) is 27.0 Å². The van der Waals surface area contributed by atoms with E-state index in [-0.39, 0.29) is 5.91 Å². The molecule has 1 amide bonds. The van der Waals surface area contributed by atoms with Gasteiger partial charge in [0.25, 0.3) is 5.91 Å². The van der Waals surface area contributed by atoms with E-state index < -0.39 is 0 Å². The smallest absolute Gasteiger partial charge is 0.251 e. The normalized spacial score (nSPS) is 11.0. The van der Waals surface area contributed by atoms with Crippen molar-refractivity contribution in [3.05, 3.63) is 59.2 Å². The maximum Gasteiger partial charge on any atom is 0.251 e. The Balaban J connectivity index is 1.83. The minimum absolute atomic E-state index is 0.0544. The molecule has 0 saturated carbocycles. The second-order valence-corrected chi connectivity index (χ2v) is 6.81. The summed E-state index contributed by atoms with van der Waals surface area (Å²) >= 11 is 0. The highest BCUT2D eigenvalue weighted by molar-refractivity contribution is 5.94. The molecule has 2 rings (SSSR count). The van der Waals surface area contributed by atoms with Crippen LogP contribution in [0.15, 0.2) is 47.5 Å². The molecule has 31 heavy (non-hydrogen) atoms. The van der Waals surface area contributed by atoms with Gasteiger partial charge in [0.2, 0.25) is 0 Å². The number of nitrogens with zero attached hydrogens (tertiary/aromatic N) is 1. The topological polar surface area (TPSA) is 84.0 Å². The first-order valence-corrected chi connectivity index (χ1v) is 10.8. The van der Waals surface area contributed by atoms with E-state index in [1.807, 2.05) is 57.2 Å². The Hall–Kier alpha value is -3.22. The van der Waals surface area contributed by atoms with E-state index in [0.717, 1.165) is 41.6 Å². The Morgan fingerprint density at radius 1 is 0.871 bits per heavy atom. The fourth-order valence-electron chi connectivity index (χ4n) is 3.02. The van der Waals surface area contributed by atoms with E-state index in [1.165, 1.54) is 0 Å². The summed E-state index contributed by atoms with van der Waals surface area (Å²) in [6.07, 6.45) is 0.828. The minimum Gasteiger partial charge on any atom is -0.490 e. The zero-order valence-corrected chi connectivity index (χ0v) is 19.0. The van der Waals surface area contributed by atoms with Crippen molar-refractivity contribution in [3.8, 4) is 11.5 Å². The van der Waals surface area contributed by atoms with E-state index in [4.69, 9.17) is 9.47 Å². The number of carbonyl (C=O) groups is 1. The molecule has 0 fully saturated rings. The molecule has 168 valence electrons. The van der Waals surface area contributed by atoms with Gasteiger partial charge in [-0.1, -0.05) is 18.2 Å². The van der Waals surface area contributed by atoms with E-state index in [0.29, 0.717) is 31.9 Å². The Labute approximate surface area is 185 Å². The number of benzene rings is 2. The van der Waals surface area contributed by atoms with Crippen LogP contribution in [0.3, 0.4) is 0 Å². The summed E-state index contributed by atoms with van der Waals surface area (Å²) in [5, 5.41) is 9.42. The van der Waals surface area contributed by atoms with E-state index >= 15 is 0 Å². The molecule has 0 aliphatic carbocycles. The molecule has 0 aromatic heterocycles. The van der Waals surface area contributed by atoms with Crippen molar-refractivity contribution in [2.45, 2.75) is 33.7 Å². The summed E-state index contributed by atoms with van der Waals surface area (Å²) in [5.41, 5.74) is 2.90. The van der Waals surface area contributed by atoms with Gasteiger partial charge in [-0.3, -0.25) is 9.79 Å². The van der Waals surface area contributed by atoms with Gasteiger partial charge in [-0.2, -0.15) is 0 Å². The molecule has 0 bridgehead atoms. The number of hydrogen-bond donors (Lipinski definition) is 3. The molecule has 2 aromatic rings. The third-order valence-corrected chi connectivity index (χ3v) is 4.55. The van der Waals surface area contributed by atoms with Crippen LogP contribution in [0, 0.1) is 0 Å². The van der Waals surface area contributed by atoms with Gasteiger partial charge < -0.3 is 25.4 Å². The lowest BCUT2D eigenvalue weighted by Gasteiger charge is -2.14. The number of ether oxygens (including phenoxy) is 2. The second kappa shape index (κ2) is 13.2. The van der Waals surface area contributed by atoms with Gasteiger partial charge in [-0.05, 0) is 62.6 Å². The first-order chi connectivity index (χ1) is 15.1. The summed E-state index contributed by atoms with van der Waals surface area (Å²) in [5.74, 6) is 2.22. The van der Waals surface area contributed by atoms with Crippen molar-refractivity contribution < 1.29 is 14.3 Å². The zero-order valence-electron chi connectivity index (χ0n) is 19.0. The van der Waals surface area contributed by atoms with Crippen LogP contribution in [-0.2, 0) is 13.0 Å². The molecular formula is C24H34N4O3. The summed E-state index contributed by atoms with van der Waals surface area (Å²) in [7, 11) is 1.75. The Morgan fingerprint density at radius 3 is 2.19 bits per heavy atom. The molecule has 0 saturated heterocycles. The molecule has 0 spiro atoms. The van der Waals surface area contributed by atoms with Crippen molar-refractivity contribution in [1.29, 1.82) is 0 Å². The van der Waals surface area contributed by atoms with E-state index in [1.54, 1.807) is 7.05 Å². The average molecular weight is 427 g/mol. The van der Waals surface area contributed by atoms with Crippen molar-refractivity contribution in [2.75, 3.05) is 33.4 Å². The molecule has 0 atom stereocenters. The molecular weight excluding hydrogens is 392 g/mol. The maximum atomic E-state index is 11.8. The Bertz CT molecular complexity index is 850. The maximum absolute atomic E-state index is 11.8. The van der Waals surface area contributed by atoms with Gasteiger partial charge in [-0.25, -0.2) is 0 Å². The number of rotatable bonds is 11. The van der Waals surface area contributed by atoms with Crippen LogP contribution in [0.4, 0.5) is 0 Å². The number of hydrogen-bond acceptors (Lipinski definition) is 4. The second-order valence-electron chi connectivity index (χ2n) is 6.81. The van der Waals surface area contributed by atoms with Crippen molar-refractivity contribution >= 4 is 11.9 Å². The first kappa shape index (κ1) is 24.1. The molecule has 7 heteroatoms. The number of amides is 1. The van der Waals surface area contributed by atoms with Crippen molar-refractivity contribution in [2.24, 2.45) is 4.99 Å². The lowest BCUT2D eigenvalue weighted by molar-refractivity contribution is 0.0956. The van der Waals surface area contributed by atoms with Gasteiger partial charge in [-0.15, -0.1) is 0 Å². The monoisotopic (exact) mass is 426 g/mol. The van der Waals surface area contributed by atoms with Crippen LogP contribution >= 0.6 is 0 Å². The van der Waals surface area contributed by atoms with E-state index in [9.17, 15) is 4.79 Å². The van der Waals surface area contributed by atoms with Crippen molar-refractivity contribution in [3.63, 3.8) is 0 Å². The Kier molecular flexibility index (Phi) is 10.2. The number of guanidine groups is 1. The molecule has 2 aromatic carbocycles. The highest BCUT2D eigenvalue weighted by Gasteiger charge is 2.07. The predicted octanol–water partition coefficient (Wildman–Crippen LogP) is 3.14. The SMILES string of the molecule is CCNC(=O)c1ccc(CNC(=NC)NCCc2ccc(OCC)c(OCC)c2)cc1. The molecule has 7 nitrogen and oxygen atoms in total. The average Bonchev–Trinajstić information content (AvgIpc) is 2.78. The molecule has 0 radical (unpaired) electrons. The first-order valence-electron chi connectivity index (χ1n) is 10.8. The quantitative estimate of drug-likeness (QED) is 0.380. The number of aliphatic imine (C=N–C) groups is 1. The Morgan fingerprint density at radius 2 is 1.55 bits per heavy atom. The fourth-order valence-corrected chi connectivity index (χ4v) is 3.02. The van der Waals surface area contributed by atoms with Gasteiger partial charge in [0.1, 0.15) is 0 Å². The summed E-state index contributed by atoms with van der Waals surface area (Å²) in [6, 6.07) is 13.6. The lowest BCUT2D eigenvalue weighted by atomic mass is 10.1. The highest BCUT2D eigenvalue weighted by atomic mass is 16.5. The molecule has 0 heterocycles. The predicted molar refractivity (Wildman–Crippen MR) is 125 cm³/mol. The number of nitrogens with one attached hydrogen (secondary N) is 3. The molecule has 0 aliphatic rings. The van der Waals surface area contributed by atoms with Crippen LogP contribution in [0.1, 0.15) is 42.3 Å². The van der Waals surface area contributed by atoms with Crippen LogP contribution in [0.25, 0.3) is 0 Å². The summed E-state index contributed by atoms with van der Waals surface area (Å²) in [6.45, 7) is 9.01. The van der Waals surface area contributed by atoms with Crippen LogP contribution in [0.5, 0.6) is 11.5 Å². The summed E-state index contributed by atoms with van der Waals surface area (Å²) in [4.78, 5) is 16.1. The number of carbonyl (C=O) groups excluding carboxylic acids is 1. The highest BCUT2D eigenvalue weighted by Crippen LogP contribution is 2.28. The van der Waals surface area contributed by atoms with Gasteiger partial charge in [0.15, 0.2) is 17.5 Å². The van der Waals surface area contributed by atoms with Crippen molar-refractivity contribution in [1.82, 2.24) is 16.0 Å². The minimum atomic E-state index is -0.0544. The van der Waals surface area contributed by atoms with Gasteiger partial charge in [0.05, 0.1) is 13.2 Å². The third-order valence-electron chi connectivity index (χ3n) is 4.55. The fraction of sp³-hybridized carbons (Fsp3) is 0.417. The zero-order chi connectivity index (χ0) is 22.5. The van der Waals surface area contributed by atoms with Crippen LogP contribution in [0.2, 0.25) is 0 Å². The molecule has 0 aliphatic heterocycles. The largest absolute Gasteiger partial charge is 0.490 e. The summed E-state index contributed by atoms with van der Waals surface area (Å²) < 4.78 is 11.3. The molecule has 0 unspecified atom stereocenters. The molecule has 3 N–H and O–H groups in total. The van der Waals surface area contributed by atoms with Gasteiger partial charge in [0, 0.05) is 32.2 Å². The van der Waals surface area contributed by atoms with Crippen LogP contribution in [-0.4, -0.2) is 45.2 Å². The third kappa shape index (κ3) is 7.85.